The molecule has 0 unspecified atom stereocenters. The Bertz CT molecular complexity index is 806. The molecule has 18 heavy (non-hydrogen) atoms. The predicted molar refractivity (Wildman–Crippen MR) is 73.0 cm³/mol. The molecule has 3 rings (SSSR count). The largest absolute Gasteiger partial charge is 0.497 e. The SMILES string of the molecule is COc1ccc2[nH]c3cccc(N)c3c(=O)c2c1. The number of benzene rings is 2. The minimum absolute atomic E-state index is 0.0734. The number of nitrogens with two attached hydrogens (primary N) is 1. The van der Waals surface area contributed by atoms with Gasteiger partial charge in [-0.2, -0.15) is 0 Å². The van der Waals surface area contributed by atoms with Crippen molar-refractivity contribution in [2.45, 2.75) is 0 Å². The Morgan fingerprint density at radius 2 is 2.00 bits per heavy atom. The van der Waals surface area contributed by atoms with Gasteiger partial charge in [0, 0.05) is 11.1 Å². The first-order chi connectivity index (χ1) is 8.70. The van der Waals surface area contributed by atoms with Crippen molar-refractivity contribution in [1.29, 1.82) is 0 Å². The lowest BCUT2D eigenvalue weighted by Crippen LogP contribution is -2.06. The summed E-state index contributed by atoms with van der Waals surface area (Å²) >= 11 is 0. The molecule has 1 heterocycles. The molecule has 0 saturated carbocycles. The number of hydrogen-bond acceptors (Lipinski definition) is 3. The molecule has 2 aromatic carbocycles. The summed E-state index contributed by atoms with van der Waals surface area (Å²) in [6.07, 6.45) is 0. The van der Waals surface area contributed by atoms with Crippen LogP contribution in [0.3, 0.4) is 0 Å². The number of anilines is 1. The molecule has 0 fully saturated rings. The molecule has 0 atom stereocenters. The number of aromatic nitrogens is 1. The number of rotatable bonds is 1. The van der Waals surface area contributed by atoms with Gasteiger partial charge in [0.05, 0.1) is 23.5 Å². The number of ether oxygens (including phenoxy) is 1. The monoisotopic (exact) mass is 240 g/mol. The van der Waals surface area contributed by atoms with Crippen LogP contribution in [0.25, 0.3) is 21.8 Å². The van der Waals surface area contributed by atoms with E-state index in [0.717, 1.165) is 11.0 Å². The Kier molecular flexibility index (Phi) is 2.23. The Hall–Kier alpha value is -2.49. The zero-order chi connectivity index (χ0) is 12.7. The van der Waals surface area contributed by atoms with Crippen LogP contribution in [0.4, 0.5) is 5.69 Å². The fourth-order valence-electron chi connectivity index (χ4n) is 2.15. The third-order valence-electron chi connectivity index (χ3n) is 3.06. The van der Waals surface area contributed by atoms with Crippen molar-refractivity contribution < 1.29 is 4.74 Å². The Morgan fingerprint density at radius 3 is 2.78 bits per heavy atom. The van der Waals surface area contributed by atoms with Crippen LogP contribution < -0.4 is 15.9 Å². The summed E-state index contributed by atoms with van der Waals surface area (Å²) in [7, 11) is 1.57. The van der Waals surface area contributed by atoms with Gasteiger partial charge in [-0.25, -0.2) is 0 Å². The van der Waals surface area contributed by atoms with Crippen molar-refractivity contribution in [1.82, 2.24) is 4.98 Å². The molecule has 0 spiro atoms. The number of pyridine rings is 1. The van der Waals surface area contributed by atoms with Crippen molar-refractivity contribution in [3.63, 3.8) is 0 Å². The van der Waals surface area contributed by atoms with Crippen LogP contribution in [0.2, 0.25) is 0 Å². The highest BCUT2D eigenvalue weighted by atomic mass is 16.5. The van der Waals surface area contributed by atoms with Gasteiger partial charge in [-0.3, -0.25) is 4.79 Å². The molecule has 0 saturated heterocycles. The molecule has 4 heteroatoms. The van der Waals surface area contributed by atoms with Crippen LogP contribution in [0, 0.1) is 0 Å². The van der Waals surface area contributed by atoms with Crippen molar-refractivity contribution >= 4 is 27.5 Å². The molecule has 1 aromatic heterocycles. The Labute approximate surface area is 103 Å². The van der Waals surface area contributed by atoms with Gasteiger partial charge < -0.3 is 15.5 Å². The highest BCUT2D eigenvalue weighted by Crippen LogP contribution is 2.22. The molecular weight excluding hydrogens is 228 g/mol. The summed E-state index contributed by atoms with van der Waals surface area (Å²) in [5.41, 5.74) is 7.80. The van der Waals surface area contributed by atoms with Crippen LogP contribution in [-0.4, -0.2) is 12.1 Å². The first-order valence-electron chi connectivity index (χ1n) is 5.59. The quantitative estimate of drug-likeness (QED) is 0.506. The maximum atomic E-state index is 12.4. The van der Waals surface area contributed by atoms with Crippen LogP contribution in [0.1, 0.15) is 0 Å². The summed E-state index contributed by atoms with van der Waals surface area (Å²) in [4.78, 5) is 15.6. The van der Waals surface area contributed by atoms with E-state index in [9.17, 15) is 4.79 Å². The summed E-state index contributed by atoms with van der Waals surface area (Å²) in [5.74, 6) is 0.654. The van der Waals surface area contributed by atoms with Gasteiger partial charge in [-0.05, 0) is 30.3 Å². The van der Waals surface area contributed by atoms with E-state index in [0.29, 0.717) is 22.2 Å². The van der Waals surface area contributed by atoms with E-state index in [-0.39, 0.29) is 5.43 Å². The molecule has 0 aliphatic heterocycles. The topological polar surface area (TPSA) is 68.1 Å². The van der Waals surface area contributed by atoms with Crippen LogP contribution in [0.5, 0.6) is 5.75 Å². The van der Waals surface area contributed by atoms with E-state index < -0.39 is 0 Å². The maximum Gasteiger partial charge on any atom is 0.199 e. The highest BCUT2D eigenvalue weighted by molar-refractivity contribution is 5.98. The normalized spacial score (nSPS) is 10.9. The fraction of sp³-hybridized carbons (Fsp3) is 0.0714. The van der Waals surface area contributed by atoms with Crippen molar-refractivity contribution in [2.75, 3.05) is 12.8 Å². The molecule has 0 aliphatic rings. The number of fused-ring (bicyclic) bond motifs is 2. The molecular formula is C14H12N2O2. The Morgan fingerprint density at radius 1 is 1.17 bits per heavy atom. The maximum absolute atomic E-state index is 12.4. The number of hydrogen-bond donors (Lipinski definition) is 2. The molecule has 0 radical (unpaired) electrons. The number of nitrogens with one attached hydrogen (secondary N) is 1. The van der Waals surface area contributed by atoms with E-state index in [2.05, 4.69) is 4.98 Å². The molecule has 90 valence electrons. The lowest BCUT2D eigenvalue weighted by molar-refractivity contribution is 0.415. The molecule has 0 amide bonds. The van der Waals surface area contributed by atoms with Crippen molar-refractivity contribution in [2.24, 2.45) is 0 Å². The van der Waals surface area contributed by atoms with E-state index in [1.807, 2.05) is 24.3 Å². The van der Waals surface area contributed by atoms with Crippen molar-refractivity contribution in [3.05, 3.63) is 46.6 Å². The number of methoxy groups -OCH3 is 1. The lowest BCUT2D eigenvalue weighted by atomic mass is 10.1. The Balaban J connectivity index is 2.54. The van der Waals surface area contributed by atoms with Gasteiger partial charge in [0.2, 0.25) is 0 Å². The molecule has 3 aromatic rings. The smallest absolute Gasteiger partial charge is 0.199 e. The lowest BCUT2D eigenvalue weighted by Gasteiger charge is -2.06. The zero-order valence-corrected chi connectivity index (χ0v) is 9.86. The van der Waals surface area contributed by atoms with Gasteiger partial charge in [0.15, 0.2) is 5.43 Å². The minimum Gasteiger partial charge on any atom is -0.497 e. The van der Waals surface area contributed by atoms with E-state index in [1.54, 1.807) is 19.2 Å². The highest BCUT2D eigenvalue weighted by Gasteiger charge is 2.08. The summed E-state index contributed by atoms with van der Waals surface area (Å²) in [6.45, 7) is 0. The molecule has 3 N–H and O–H groups in total. The van der Waals surface area contributed by atoms with Crippen molar-refractivity contribution in [3.8, 4) is 5.75 Å². The first kappa shape index (κ1) is 10.7. The summed E-state index contributed by atoms with van der Waals surface area (Å²) in [5, 5.41) is 1.11. The van der Waals surface area contributed by atoms with Crippen LogP contribution in [-0.2, 0) is 0 Å². The standard InChI is InChI=1S/C14H12N2O2/c1-18-8-5-6-11-9(7-8)14(17)13-10(15)3-2-4-12(13)16-11/h2-7H,15H2,1H3,(H,16,17). The van der Waals surface area contributed by atoms with E-state index in [1.165, 1.54) is 0 Å². The van der Waals surface area contributed by atoms with Gasteiger partial charge in [-0.15, -0.1) is 0 Å². The average Bonchev–Trinajstić information content (AvgIpc) is 2.38. The van der Waals surface area contributed by atoms with Gasteiger partial charge >= 0.3 is 0 Å². The third kappa shape index (κ3) is 1.43. The number of aromatic amines is 1. The summed E-state index contributed by atoms with van der Waals surface area (Å²) in [6, 6.07) is 10.8. The first-order valence-corrected chi connectivity index (χ1v) is 5.59. The third-order valence-corrected chi connectivity index (χ3v) is 3.06. The van der Waals surface area contributed by atoms with Gasteiger partial charge in [-0.1, -0.05) is 6.07 Å². The average molecular weight is 240 g/mol. The fourth-order valence-corrected chi connectivity index (χ4v) is 2.15. The second kappa shape index (κ2) is 3.77. The number of H-pyrrole nitrogens is 1. The predicted octanol–water partition coefficient (Wildman–Crippen LogP) is 2.27. The van der Waals surface area contributed by atoms with Crippen LogP contribution in [0.15, 0.2) is 41.2 Å². The molecule has 4 nitrogen and oxygen atoms in total. The van der Waals surface area contributed by atoms with E-state index >= 15 is 0 Å². The number of nitrogen functional groups attached to an aromatic ring is 1. The molecule has 0 bridgehead atoms. The van der Waals surface area contributed by atoms with Crippen LogP contribution >= 0.6 is 0 Å². The molecule has 0 aliphatic carbocycles. The minimum atomic E-state index is -0.0734. The van der Waals surface area contributed by atoms with Gasteiger partial charge in [0.1, 0.15) is 5.75 Å². The summed E-state index contributed by atoms with van der Waals surface area (Å²) < 4.78 is 5.14. The second-order valence-corrected chi connectivity index (χ2v) is 4.14. The van der Waals surface area contributed by atoms with E-state index in [4.69, 9.17) is 10.5 Å². The van der Waals surface area contributed by atoms with Gasteiger partial charge in [0.25, 0.3) is 0 Å². The second-order valence-electron chi connectivity index (χ2n) is 4.14. The zero-order valence-electron chi connectivity index (χ0n) is 9.86.